The highest BCUT2D eigenvalue weighted by molar-refractivity contribution is 7.11. The van der Waals surface area contributed by atoms with E-state index in [1.165, 1.54) is 12.8 Å². The Balaban J connectivity index is 1.84. The molecule has 0 radical (unpaired) electrons. The van der Waals surface area contributed by atoms with Crippen molar-refractivity contribution < 1.29 is 4.79 Å². The van der Waals surface area contributed by atoms with Gasteiger partial charge in [-0.3, -0.25) is 9.59 Å². The van der Waals surface area contributed by atoms with Crippen LogP contribution in [0.5, 0.6) is 0 Å². The van der Waals surface area contributed by atoms with Gasteiger partial charge < -0.3 is 9.47 Å². The van der Waals surface area contributed by atoms with E-state index in [9.17, 15) is 9.59 Å². The van der Waals surface area contributed by atoms with Gasteiger partial charge in [0.05, 0.1) is 12.2 Å². The zero-order valence-corrected chi connectivity index (χ0v) is 15.4. The third kappa shape index (κ3) is 3.29. The Morgan fingerprint density at radius 3 is 2.75 bits per heavy atom. The van der Waals surface area contributed by atoms with Crippen LogP contribution in [0.4, 0.5) is 0 Å². The molecular formula is C18H23N3O2S. The first-order valence-corrected chi connectivity index (χ1v) is 9.09. The minimum atomic E-state index is -0.247. The number of hydrogen-bond donors (Lipinski definition) is 0. The maximum Gasteiger partial charge on any atom is 0.263 e. The van der Waals surface area contributed by atoms with Gasteiger partial charge in [0.15, 0.2) is 0 Å². The number of pyridine rings is 1. The summed E-state index contributed by atoms with van der Waals surface area (Å²) in [5.74, 6) is 0.381. The molecule has 6 heteroatoms. The molecule has 2 aromatic heterocycles. The fraction of sp³-hybridized carbons (Fsp3) is 0.500. The first-order chi connectivity index (χ1) is 11.4. The molecule has 5 nitrogen and oxygen atoms in total. The summed E-state index contributed by atoms with van der Waals surface area (Å²) in [5.41, 5.74) is 0.980. The first-order valence-electron chi connectivity index (χ1n) is 8.28. The number of amides is 1. The summed E-state index contributed by atoms with van der Waals surface area (Å²) in [6.07, 6.45) is 4.05. The number of hydrogen-bond acceptors (Lipinski definition) is 4. The van der Waals surface area contributed by atoms with Gasteiger partial charge in [-0.15, -0.1) is 11.3 Å². The van der Waals surface area contributed by atoms with E-state index >= 15 is 0 Å². The molecule has 2 heterocycles. The van der Waals surface area contributed by atoms with E-state index in [1.54, 1.807) is 46.2 Å². The number of aromatic nitrogens is 2. The monoisotopic (exact) mass is 345 g/mol. The molecule has 1 saturated carbocycles. The summed E-state index contributed by atoms with van der Waals surface area (Å²) in [6, 6.07) is 3.56. The maximum atomic E-state index is 12.7. The van der Waals surface area contributed by atoms with E-state index in [1.807, 2.05) is 13.8 Å². The van der Waals surface area contributed by atoms with Crippen LogP contribution >= 0.6 is 11.3 Å². The number of rotatable bonds is 5. The van der Waals surface area contributed by atoms with Gasteiger partial charge in [0.25, 0.3) is 11.5 Å². The smallest absolute Gasteiger partial charge is 0.263 e. The summed E-state index contributed by atoms with van der Waals surface area (Å²) in [6.45, 7) is 6.44. The highest BCUT2D eigenvalue weighted by Crippen LogP contribution is 2.34. The van der Waals surface area contributed by atoms with Crippen molar-refractivity contribution in [3.05, 3.63) is 49.8 Å². The molecule has 0 aliphatic heterocycles. The molecule has 0 spiro atoms. The SMILES string of the molecule is Cc1nc(Cn2cccc(C(=O)N(C)[C@@H](C)C3CC3)c2=O)sc1C. The van der Waals surface area contributed by atoms with E-state index in [0.29, 0.717) is 12.5 Å². The Morgan fingerprint density at radius 2 is 2.17 bits per heavy atom. The van der Waals surface area contributed by atoms with Crippen LogP contribution in [0, 0.1) is 19.8 Å². The van der Waals surface area contributed by atoms with Gasteiger partial charge >= 0.3 is 0 Å². The predicted octanol–water partition coefficient (Wildman–Crippen LogP) is 2.84. The number of aryl methyl sites for hydroxylation is 2. The van der Waals surface area contributed by atoms with Gasteiger partial charge in [0.1, 0.15) is 10.6 Å². The third-order valence-electron chi connectivity index (χ3n) is 4.86. The second-order valence-corrected chi connectivity index (χ2v) is 7.89. The van der Waals surface area contributed by atoms with Crippen LogP contribution in [-0.4, -0.2) is 33.4 Å². The van der Waals surface area contributed by atoms with Crippen molar-refractivity contribution in [2.75, 3.05) is 7.05 Å². The molecule has 1 fully saturated rings. The molecular weight excluding hydrogens is 322 g/mol. The van der Waals surface area contributed by atoms with E-state index in [4.69, 9.17) is 0 Å². The summed E-state index contributed by atoms with van der Waals surface area (Å²) in [4.78, 5) is 32.8. The second kappa shape index (κ2) is 6.51. The molecule has 3 rings (SSSR count). The highest BCUT2D eigenvalue weighted by atomic mass is 32.1. The number of carbonyl (C=O) groups is 1. The highest BCUT2D eigenvalue weighted by Gasteiger charge is 2.33. The van der Waals surface area contributed by atoms with Gasteiger partial charge in [-0.25, -0.2) is 4.98 Å². The van der Waals surface area contributed by atoms with E-state index in [2.05, 4.69) is 11.9 Å². The Hall–Kier alpha value is -1.95. The summed E-state index contributed by atoms with van der Waals surface area (Å²) in [7, 11) is 1.79. The topological polar surface area (TPSA) is 55.2 Å². The average Bonchev–Trinajstić information content (AvgIpc) is 3.34. The van der Waals surface area contributed by atoms with E-state index < -0.39 is 0 Å². The predicted molar refractivity (Wildman–Crippen MR) is 95.7 cm³/mol. The molecule has 0 N–H and O–H groups in total. The first kappa shape index (κ1) is 16.9. The fourth-order valence-electron chi connectivity index (χ4n) is 2.85. The molecule has 1 atom stereocenters. The minimum Gasteiger partial charge on any atom is -0.339 e. The quantitative estimate of drug-likeness (QED) is 0.837. The van der Waals surface area contributed by atoms with Gasteiger partial charge in [0.2, 0.25) is 0 Å². The van der Waals surface area contributed by atoms with Crippen molar-refractivity contribution in [1.29, 1.82) is 0 Å². The van der Waals surface area contributed by atoms with Crippen molar-refractivity contribution >= 4 is 17.2 Å². The standard InChI is InChI=1S/C18H23N3O2S/c1-11-13(3)24-16(19-11)10-21-9-5-6-15(18(21)23)17(22)20(4)12(2)14-7-8-14/h5-6,9,12,14H,7-8,10H2,1-4H3/t12-/m0/s1. The molecule has 1 amide bonds. The molecule has 1 aliphatic carbocycles. The van der Waals surface area contributed by atoms with Crippen LogP contribution < -0.4 is 5.56 Å². The van der Waals surface area contributed by atoms with Crippen molar-refractivity contribution in [3.8, 4) is 0 Å². The summed E-state index contributed by atoms with van der Waals surface area (Å²) < 4.78 is 1.57. The Morgan fingerprint density at radius 1 is 1.46 bits per heavy atom. The van der Waals surface area contributed by atoms with Gasteiger partial charge in [-0.1, -0.05) is 0 Å². The normalized spacial score (nSPS) is 15.3. The lowest BCUT2D eigenvalue weighted by atomic mass is 10.1. The van der Waals surface area contributed by atoms with E-state index in [-0.39, 0.29) is 23.1 Å². The van der Waals surface area contributed by atoms with Gasteiger partial charge in [0, 0.05) is 24.2 Å². The lowest BCUT2D eigenvalue weighted by molar-refractivity contribution is 0.0725. The Kier molecular flexibility index (Phi) is 4.58. The molecule has 0 aromatic carbocycles. The maximum absolute atomic E-state index is 12.7. The molecule has 24 heavy (non-hydrogen) atoms. The molecule has 0 bridgehead atoms. The lowest BCUT2D eigenvalue weighted by Gasteiger charge is -2.24. The van der Waals surface area contributed by atoms with Crippen LogP contribution in [0.3, 0.4) is 0 Å². The second-order valence-electron chi connectivity index (χ2n) is 6.60. The zero-order chi connectivity index (χ0) is 17.4. The molecule has 2 aromatic rings. The average molecular weight is 345 g/mol. The van der Waals surface area contributed by atoms with Crippen molar-refractivity contribution in [3.63, 3.8) is 0 Å². The van der Waals surface area contributed by atoms with Crippen molar-refractivity contribution in [1.82, 2.24) is 14.5 Å². The van der Waals surface area contributed by atoms with Crippen LogP contribution in [0.15, 0.2) is 23.1 Å². The van der Waals surface area contributed by atoms with Crippen molar-refractivity contribution in [2.24, 2.45) is 5.92 Å². The molecule has 1 aliphatic rings. The third-order valence-corrected chi connectivity index (χ3v) is 5.92. The van der Waals surface area contributed by atoms with Crippen LogP contribution in [0.1, 0.15) is 45.7 Å². The Labute approximate surface area is 146 Å². The largest absolute Gasteiger partial charge is 0.339 e. The van der Waals surface area contributed by atoms with Crippen LogP contribution in [0.2, 0.25) is 0 Å². The fourth-order valence-corrected chi connectivity index (χ4v) is 3.78. The lowest BCUT2D eigenvalue weighted by Crippen LogP contribution is -2.40. The Bertz CT molecular complexity index is 800. The van der Waals surface area contributed by atoms with Crippen LogP contribution in [0.25, 0.3) is 0 Å². The zero-order valence-electron chi connectivity index (χ0n) is 14.6. The molecule has 0 unspecified atom stereocenters. The number of carbonyl (C=O) groups excluding carboxylic acids is 1. The summed E-state index contributed by atoms with van der Waals surface area (Å²) >= 11 is 1.59. The molecule has 0 saturated heterocycles. The van der Waals surface area contributed by atoms with Gasteiger partial charge in [-0.05, 0) is 51.7 Å². The van der Waals surface area contributed by atoms with Crippen LogP contribution in [-0.2, 0) is 6.54 Å². The van der Waals surface area contributed by atoms with Crippen molar-refractivity contribution in [2.45, 2.75) is 46.2 Å². The molecule has 128 valence electrons. The summed E-state index contributed by atoms with van der Waals surface area (Å²) in [5, 5.41) is 0.886. The number of nitrogens with zero attached hydrogens (tertiary/aromatic N) is 3. The van der Waals surface area contributed by atoms with E-state index in [0.717, 1.165) is 15.6 Å². The minimum absolute atomic E-state index is 0.176. The van der Waals surface area contributed by atoms with Gasteiger partial charge in [-0.2, -0.15) is 0 Å². The number of thiazole rings is 1.